The summed E-state index contributed by atoms with van der Waals surface area (Å²) < 4.78 is 7.20. The predicted octanol–water partition coefficient (Wildman–Crippen LogP) is 2.43. The highest BCUT2D eigenvalue weighted by atomic mass is 32.1. The van der Waals surface area contributed by atoms with Gasteiger partial charge in [0.05, 0.1) is 5.39 Å². The average molecular weight is 234 g/mol. The molecule has 2 aromatic rings. The SMILES string of the molecule is c1cc2sccc2c(OC2CCCNC2)n1. The first-order valence-corrected chi connectivity index (χ1v) is 6.51. The van der Waals surface area contributed by atoms with E-state index in [0.29, 0.717) is 0 Å². The van der Waals surface area contributed by atoms with Crippen LogP contribution in [0.3, 0.4) is 0 Å². The Balaban J connectivity index is 1.85. The van der Waals surface area contributed by atoms with E-state index in [-0.39, 0.29) is 6.10 Å². The van der Waals surface area contributed by atoms with Crippen LogP contribution in [0.25, 0.3) is 10.1 Å². The van der Waals surface area contributed by atoms with Gasteiger partial charge < -0.3 is 10.1 Å². The van der Waals surface area contributed by atoms with Crippen LogP contribution in [-0.4, -0.2) is 24.2 Å². The molecule has 0 radical (unpaired) electrons. The molecule has 3 heterocycles. The minimum absolute atomic E-state index is 0.270. The fraction of sp³-hybridized carbons (Fsp3) is 0.417. The molecule has 1 aliphatic rings. The first-order chi connectivity index (χ1) is 7.93. The quantitative estimate of drug-likeness (QED) is 0.866. The Kier molecular flexibility index (Phi) is 2.76. The summed E-state index contributed by atoms with van der Waals surface area (Å²) in [5, 5.41) is 6.57. The first kappa shape index (κ1) is 10.1. The van der Waals surface area contributed by atoms with Crippen molar-refractivity contribution >= 4 is 21.4 Å². The Hall–Kier alpha value is -1.13. The van der Waals surface area contributed by atoms with Crippen LogP contribution >= 0.6 is 11.3 Å². The number of hydrogen-bond donors (Lipinski definition) is 1. The molecule has 3 rings (SSSR count). The molecular weight excluding hydrogens is 220 g/mol. The smallest absolute Gasteiger partial charge is 0.222 e. The highest BCUT2D eigenvalue weighted by Gasteiger charge is 2.16. The van der Waals surface area contributed by atoms with Crippen molar-refractivity contribution in [2.24, 2.45) is 0 Å². The van der Waals surface area contributed by atoms with Crippen LogP contribution < -0.4 is 10.1 Å². The maximum absolute atomic E-state index is 5.96. The second kappa shape index (κ2) is 4.39. The van der Waals surface area contributed by atoms with Gasteiger partial charge in [0.2, 0.25) is 5.88 Å². The Morgan fingerprint density at radius 1 is 1.44 bits per heavy atom. The largest absolute Gasteiger partial charge is 0.473 e. The van der Waals surface area contributed by atoms with Crippen molar-refractivity contribution < 1.29 is 4.74 Å². The van der Waals surface area contributed by atoms with Crippen LogP contribution in [0.1, 0.15) is 12.8 Å². The highest BCUT2D eigenvalue weighted by molar-refractivity contribution is 7.17. The number of ether oxygens (including phenoxy) is 1. The molecule has 2 aromatic heterocycles. The summed E-state index contributed by atoms with van der Waals surface area (Å²) in [5.74, 6) is 0.785. The Morgan fingerprint density at radius 3 is 3.31 bits per heavy atom. The molecule has 0 aromatic carbocycles. The summed E-state index contributed by atoms with van der Waals surface area (Å²) in [7, 11) is 0. The number of nitrogens with zero attached hydrogens (tertiary/aromatic N) is 1. The number of hydrogen-bond acceptors (Lipinski definition) is 4. The molecule has 0 aliphatic carbocycles. The van der Waals surface area contributed by atoms with Gasteiger partial charge in [-0.25, -0.2) is 4.98 Å². The molecule has 3 nitrogen and oxygen atoms in total. The number of rotatable bonds is 2. The number of pyridine rings is 1. The highest BCUT2D eigenvalue weighted by Crippen LogP contribution is 2.28. The number of nitrogens with one attached hydrogen (secondary N) is 1. The fourth-order valence-corrected chi connectivity index (χ4v) is 2.81. The van der Waals surface area contributed by atoms with Gasteiger partial charge in [-0.05, 0) is 36.9 Å². The lowest BCUT2D eigenvalue weighted by Gasteiger charge is -2.23. The van der Waals surface area contributed by atoms with Crippen molar-refractivity contribution in [1.29, 1.82) is 0 Å². The van der Waals surface area contributed by atoms with E-state index < -0.39 is 0 Å². The molecule has 0 amide bonds. The normalized spacial score (nSPS) is 21.1. The molecule has 1 N–H and O–H groups in total. The second-order valence-electron chi connectivity index (χ2n) is 4.03. The Morgan fingerprint density at radius 2 is 2.44 bits per heavy atom. The molecule has 16 heavy (non-hydrogen) atoms. The van der Waals surface area contributed by atoms with Crippen LogP contribution in [0.4, 0.5) is 0 Å². The first-order valence-electron chi connectivity index (χ1n) is 5.63. The summed E-state index contributed by atoms with van der Waals surface area (Å²) in [6.07, 6.45) is 4.40. The third-order valence-corrected chi connectivity index (χ3v) is 3.76. The fourth-order valence-electron chi connectivity index (χ4n) is 2.04. The Labute approximate surface area is 98.5 Å². The van der Waals surface area contributed by atoms with Crippen molar-refractivity contribution in [2.75, 3.05) is 13.1 Å². The van der Waals surface area contributed by atoms with Gasteiger partial charge in [-0.1, -0.05) is 0 Å². The number of thiophene rings is 1. The van der Waals surface area contributed by atoms with Gasteiger partial charge in [-0.3, -0.25) is 0 Å². The van der Waals surface area contributed by atoms with E-state index in [1.807, 2.05) is 12.3 Å². The molecule has 1 atom stereocenters. The van der Waals surface area contributed by atoms with Gasteiger partial charge in [0.25, 0.3) is 0 Å². The van der Waals surface area contributed by atoms with E-state index in [4.69, 9.17) is 4.74 Å². The number of aromatic nitrogens is 1. The molecule has 1 aliphatic heterocycles. The van der Waals surface area contributed by atoms with Crippen molar-refractivity contribution in [1.82, 2.24) is 10.3 Å². The zero-order valence-electron chi connectivity index (χ0n) is 8.98. The van der Waals surface area contributed by atoms with E-state index >= 15 is 0 Å². The molecule has 0 saturated carbocycles. The predicted molar refractivity (Wildman–Crippen MR) is 66.1 cm³/mol. The molecule has 0 spiro atoms. The Bertz CT molecular complexity index is 477. The lowest BCUT2D eigenvalue weighted by Crippen LogP contribution is -2.37. The zero-order valence-corrected chi connectivity index (χ0v) is 9.80. The summed E-state index contributed by atoms with van der Waals surface area (Å²) in [5.41, 5.74) is 0. The molecule has 1 fully saturated rings. The number of fused-ring (bicyclic) bond motifs is 1. The molecule has 0 bridgehead atoms. The van der Waals surface area contributed by atoms with Crippen LogP contribution in [0.15, 0.2) is 23.7 Å². The number of piperidine rings is 1. The van der Waals surface area contributed by atoms with Crippen LogP contribution in [0, 0.1) is 0 Å². The van der Waals surface area contributed by atoms with Crippen LogP contribution in [0.2, 0.25) is 0 Å². The summed E-state index contributed by atoms with van der Waals surface area (Å²) in [6.45, 7) is 2.04. The van der Waals surface area contributed by atoms with Crippen molar-refractivity contribution in [3.8, 4) is 5.88 Å². The molecule has 1 saturated heterocycles. The lowest BCUT2D eigenvalue weighted by atomic mass is 10.1. The minimum atomic E-state index is 0.270. The van der Waals surface area contributed by atoms with E-state index in [0.717, 1.165) is 30.8 Å². The monoisotopic (exact) mass is 234 g/mol. The molecule has 4 heteroatoms. The van der Waals surface area contributed by atoms with Crippen LogP contribution in [0.5, 0.6) is 5.88 Å². The van der Waals surface area contributed by atoms with Gasteiger partial charge in [-0.15, -0.1) is 11.3 Å². The van der Waals surface area contributed by atoms with Crippen LogP contribution in [-0.2, 0) is 0 Å². The standard InChI is InChI=1S/C12H14N2OS/c1-2-9(8-13-5-1)15-12-10-4-7-16-11(10)3-6-14-12/h3-4,6-7,9,13H,1-2,5,8H2. The van der Waals surface area contributed by atoms with Crippen molar-refractivity contribution in [2.45, 2.75) is 18.9 Å². The summed E-state index contributed by atoms with van der Waals surface area (Å²) >= 11 is 1.73. The maximum atomic E-state index is 5.96. The molecule has 84 valence electrons. The van der Waals surface area contributed by atoms with Gasteiger partial charge in [0.15, 0.2) is 0 Å². The second-order valence-corrected chi connectivity index (χ2v) is 4.98. The van der Waals surface area contributed by atoms with Gasteiger partial charge in [-0.2, -0.15) is 0 Å². The summed E-state index contributed by atoms with van der Waals surface area (Å²) in [6, 6.07) is 4.12. The lowest BCUT2D eigenvalue weighted by molar-refractivity contribution is 0.163. The summed E-state index contributed by atoms with van der Waals surface area (Å²) in [4.78, 5) is 4.33. The van der Waals surface area contributed by atoms with E-state index in [1.165, 1.54) is 11.1 Å². The van der Waals surface area contributed by atoms with Gasteiger partial charge in [0, 0.05) is 17.4 Å². The van der Waals surface area contributed by atoms with Crippen molar-refractivity contribution in [3.05, 3.63) is 23.7 Å². The van der Waals surface area contributed by atoms with E-state index in [1.54, 1.807) is 11.3 Å². The van der Waals surface area contributed by atoms with Crippen molar-refractivity contribution in [3.63, 3.8) is 0 Å². The van der Waals surface area contributed by atoms with E-state index in [9.17, 15) is 0 Å². The third-order valence-electron chi connectivity index (χ3n) is 2.87. The van der Waals surface area contributed by atoms with Gasteiger partial charge in [0.1, 0.15) is 6.10 Å². The molecule has 1 unspecified atom stereocenters. The topological polar surface area (TPSA) is 34.1 Å². The van der Waals surface area contributed by atoms with Gasteiger partial charge >= 0.3 is 0 Å². The molecular formula is C12H14N2OS. The average Bonchev–Trinajstić information content (AvgIpc) is 2.80. The van der Waals surface area contributed by atoms with E-state index in [2.05, 4.69) is 21.7 Å². The third kappa shape index (κ3) is 1.90. The maximum Gasteiger partial charge on any atom is 0.222 e. The minimum Gasteiger partial charge on any atom is -0.473 e. The zero-order chi connectivity index (χ0) is 10.8.